The van der Waals surface area contributed by atoms with Crippen molar-refractivity contribution in [3.63, 3.8) is 0 Å². The predicted octanol–water partition coefficient (Wildman–Crippen LogP) is 2.18. The van der Waals surface area contributed by atoms with Crippen molar-refractivity contribution < 1.29 is 14.2 Å². The maximum absolute atomic E-state index is 5.70. The van der Waals surface area contributed by atoms with Crippen LogP contribution in [0.5, 0.6) is 23.1 Å². The predicted molar refractivity (Wildman–Crippen MR) is 70.8 cm³/mol. The van der Waals surface area contributed by atoms with E-state index in [0.717, 1.165) is 5.69 Å². The molecular weight excluding hydrogens is 246 g/mol. The Kier molecular flexibility index (Phi) is 3.70. The average molecular weight is 261 g/mol. The van der Waals surface area contributed by atoms with Crippen LogP contribution in [-0.4, -0.2) is 24.2 Å². The van der Waals surface area contributed by atoms with Crippen LogP contribution in [0, 0.1) is 6.92 Å². The van der Waals surface area contributed by atoms with Crippen LogP contribution in [0.1, 0.15) is 5.69 Å². The van der Waals surface area contributed by atoms with Crippen LogP contribution < -0.4 is 19.9 Å². The van der Waals surface area contributed by atoms with Gasteiger partial charge in [0.15, 0.2) is 11.5 Å². The molecule has 0 fully saturated rings. The Morgan fingerprint density at radius 3 is 2.21 bits per heavy atom. The lowest BCUT2D eigenvalue weighted by Gasteiger charge is -2.13. The Labute approximate surface area is 111 Å². The summed E-state index contributed by atoms with van der Waals surface area (Å²) in [6.45, 7) is 1.81. The van der Waals surface area contributed by atoms with E-state index in [1.54, 1.807) is 32.4 Å². The summed E-state index contributed by atoms with van der Waals surface area (Å²) >= 11 is 0. The Bertz CT molecular complexity index is 545. The number of aryl methyl sites for hydroxylation is 1. The van der Waals surface area contributed by atoms with Gasteiger partial charge in [-0.25, -0.2) is 4.98 Å². The summed E-state index contributed by atoms with van der Waals surface area (Å²) in [6, 6.07) is 7.04. The molecule has 0 atom stereocenters. The highest BCUT2D eigenvalue weighted by Gasteiger charge is 2.13. The van der Waals surface area contributed by atoms with Gasteiger partial charge in [0.2, 0.25) is 17.6 Å². The monoisotopic (exact) mass is 261 g/mol. The summed E-state index contributed by atoms with van der Waals surface area (Å²) < 4.78 is 16.2. The number of rotatable bonds is 4. The fourth-order valence-corrected chi connectivity index (χ4v) is 1.64. The van der Waals surface area contributed by atoms with Gasteiger partial charge < -0.3 is 19.9 Å². The number of hydrogen-bond donors (Lipinski definition) is 1. The van der Waals surface area contributed by atoms with Crippen molar-refractivity contribution in [2.24, 2.45) is 0 Å². The molecule has 0 radical (unpaired) electrons. The van der Waals surface area contributed by atoms with E-state index in [1.807, 2.05) is 13.0 Å². The number of nitrogens with two attached hydrogens (primary N) is 1. The Morgan fingerprint density at radius 2 is 1.68 bits per heavy atom. The fraction of sp³-hybridized carbons (Fsp3) is 0.231. The van der Waals surface area contributed by atoms with Crippen molar-refractivity contribution in [2.75, 3.05) is 20.0 Å². The molecule has 0 aliphatic carbocycles. The minimum atomic E-state index is 0.156. The summed E-state index contributed by atoms with van der Waals surface area (Å²) in [7, 11) is 3.11. The molecule has 0 spiro atoms. The van der Waals surface area contributed by atoms with Crippen molar-refractivity contribution in [3.05, 3.63) is 30.0 Å². The number of ether oxygens (including phenoxy) is 3. The molecular formula is C13H15N3O3. The Morgan fingerprint density at radius 1 is 1.05 bits per heavy atom. The number of para-hydroxylation sites is 1. The third kappa shape index (κ3) is 2.85. The summed E-state index contributed by atoms with van der Waals surface area (Å²) in [4.78, 5) is 8.00. The molecule has 0 bridgehead atoms. The van der Waals surface area contributed by atoms with Crippen molar-refractivity contribution in [3.8, 4) is 23.1 Å². The van der Waals surface area contributed by atoms with Gasteiger partial charge in [0.25, 0.3) is 0 Å². The SMILES string of the molecule is COc1cccc(OC)c1Oc1cc(C)nc(N)n1. The van der Waals surface area contributed by atoms with Crippen LogP contribution >= 0.6 is 0 Å². The van der Waals surface area contributed by atoms with E-state index in [-0.39, 0.29) is 5.95 Å². The molecule has 100 valence electrons. The first kappa shape index (κ1) is 12.9. The van der Waals surface area contributed by atoms with Crippen molar-refractivity contribution in [2.45, 2.75) is 6.92 Å². The number of anilines is 1. The van der Waals surface area contributed by atoms with Gasteiger partial charge in [0, 0.05) is 11.8 Å². The van der Waals surface area contributed by atoms with Crippen molar-refractivity contribution in [1.82, 2.24) is 9.97 Å². The van der Waals surface area contributed by atoms with Crippen LogP contribution in [0.2, 0.25) is 0 Å². The number of nitrogens with zero attached hydrogens (tertiary/aromatic N) is 2. The summed E-state index contributed by atoms with van der Waals surface area (Å²) in [6.07, 6.45) is 0. The zero-order valence-electron chi connectivity index (χ0n) is 11.0. The fourth-order valence-electron chi connectivity index (χ4n) is 1.64. The molecule has 1 heterocycles. The van der Waals surface area contributed by atoms with Gasteiger partial charge in [-0.15, -0.1) is 0 Å². The highest BCUT2D eigenvalue weighted by atomic mass is 16.5. The van der Waals surface area contributed by atoms with E-state index in [4.69, 9.17) is 19.9 Å². The second kappa shape index (κ2) is 5.43. The van der Waals surface area contributed by atoms with Crippen LogP contribution in [0.3, 0.4) is 0 Å². The highest BCUT2D eigenvalue weighted by Crippen LogP contribution is 2.39. The molecule has 0 amide bonds. The van der Waals surface area contributed by atoms with Crippen LogP contribution in [0.25, 0.3) is 0 Å². The van der Waals surface area contributed by atoms with E-state index in [0.29, 0.717) is 23.1 Å². The zero-order valence-corrected chi connectivity index (χ0v) is 11.0. The topological polar surface area (TPSA) is 79.5 Å². The van der Waals surface area contributed by atoms with E-state index in [2.05, 4.69) is 9.97 Å². The lowest BCUT2D eigenvalue weighted by Crippen LogP contribution is -2.00. The third-order valence-corrected chi connectivity index (χ3v) is 2.44. The first-order valence-electron chi connectivity index (χ1n) is 5.64. The minimum absolute atomic E-state index is 0.156. The Hall–Kier alpha value is -2.50. The van der Waals surface area contributed by atoms with E-state index >= 15 is 0 Å². The van der Waals surface area contributed by atoms with Crippen LogP contribution in [0.15, 0.2) is 24.3 Å². The number of benzene rings is 1. The van der Waals surface area contributed by atoms with Crippen LogP contribution in [-0.2, 0) is 0 Å². The van der Waals surface area contributed by atoms with Gasteiger partial charge in [-0.05, 0) is 19.1 Å². The molecule has 0 aliphatic heterocycles. The quantitative estimate of drug-likeness (QED) is 0.908. The summed E-state index contributed by atoms with van der Waals surface area (Å²) in [5, 5.41) is 0. The van der Waals surface area contributed by atoms with Crippen molar-refractivity contribution >= 4 is 5.95 Å². The summed E-state index contributed by atoms with van der Waals surface area (Å²) in [5.41, 5.74) is 6.31. The molecule has 0 saturated carbocycles. The number of nitrogen functional groups attached to an aromatic ring is 1. The lowest BCUT2D eigenvalue weighted by molar-refractivity contribution is 0.342. The molecule has 6 nitrogen and oxygen atoms in total. The number of aromatic nitrogens is 2. The van der Waals surface area contributed by atoms with Gasteiger partial charge in [-0.2, -0.15) is 4.98 Å². The normalized spacial score (nSPS) is 10.1. The largest absolute Gasteiger partial charge is 0.493 e. The molecule has 0 aliphatic rings. The minimum Gasteiger partial charge on any atom is -0.493 e. The van der Waals surface area contributed by atoms with Gasteiger partial charge >= 0.3 is 0 Å². The standard InChI is InChI=1S/C13H15N3O3/c1-8-7-11(16-13(14)15-8)19-12-9(17-2)5-4-6-10(12)18-3/h4-7H,1-3H3,(H2,14,15,16). The molecule has 0 unspecified atom stereocenters. The summed E-state index contributed by atoms with van der Waals surface area (Å²) in [5.74, 6) is 2.05. The van der Waals surface area contributed by atoms with E-state index in [9.17, 15) is 0 Å². The average Bonchev–Trinajstić information content (AvgIpc) is 2.37. The van der Waals surface area contributed by atoms with Gasteiger partial charge in [-0.3, -0.25) is 0 Å². The first-order chi connectivity index (χ1) is 9.13. The van der Waals surface area contributed by atoms with Gasteiger partial charge in [0.1, 0.15) is 0 Å². The second-order valence-corrected chi connectivity index (χ2v) is 3.80. The number of methoxy groups -OCH3 is 2. The Balaban J connectivity index is 2.41. The molecule has 0 saturated heterocycles. The maximum Gasteiger partial charge on any atom is 0.224 e. The van der Waals surface area contributed by atoms with Gasteiger partial charge in [-0.1, -0.05) is 6.07 Å². The maximum atomic E-state index is 5.70. The van der Waals surface area contributed by atoms with Crippen molar-refractivity contribution in [1.29, 1.82) is 0 Å². The zero-order chi connectivity index (χ0) is 13.8. The third-order valence-electron chi connectivity index (χ3n) is 2.44. The van der Waals surface area contributed by atoms with Crippen LogP contribution in [0.4, 0.5) is 5.95 Å². The van der Waals surface area contributed by atoms with E-state index in [1.165, 1.54) is 0 Å². The molecule has 1 aromatic carbocycles. The molecule has 2 aromatic rings. The molecule has 19 heavy (non-hydrogen) atoms. The second-order valence-electron chi connectivity index (χ2n) is 3.80. The first-order valence-corrected chi connectivity index (χ1v) is 5.64. The smallest absolute Gasteiger partial charge is 0.224 e. The van der Waals surface area contributed by atoms with E-state index < -0.39 is 0 Å². The molecule has 1 aromatic heterocycles. The molecule has 2 N–H and O–H groups in total. The lowest BCUT2D eigenvalue weighted by atomic mass is 10.3. The van der Waals surface area contributed by atoms with Gasteiger partial charge in [0.05, 0.1) is 14.2 Å². The molecule has 6 heteroatoms. The molecule has 2 rings (SSSR count). The number of hydrogen-bond acceptors (Lipinski definition) is 6. The highest BCUT2D eigenvalue weighted by molar-refractivity contribution is 5.52.